The number of benzene rings is 3. The highest BCUT2D eigenvalue weighted by molar-refractivity contribution is 6.07. The Hall–Kier alpha value is -3.53. The Morgan fingerprint density at radius 1 is 1.03 bits per heavy atom. The molecular weight excluding hydrogens is 374 g/mol. The standard InChI is InChI=1S/C26H25NO3/c1-16(13-24(28)27(3)4)21-14-22-23(15-30-26(22)17(2)25(21)29-5)20-12-8-10-18-9-6-7-11-19(18)20/h6-15H,1-5H3/b16-13+. The third-order valence-electron chi connectivity index (χ3n) is 5.53. The van der Waals surface area contributed by atoms with E-state index >= 15 is 0 Å². The molecule has 0 aliphatic rings. The third kappa shape index (κ3) is 3.24. The van der Waals surface area contributed by atoms with E-state index < -0.39 is 0 Å². The lowest BCUT2D eigenvalue weighted by Gasteiger charge is -2.14. The summed E-state index contributed by atoms with van der Waals surface area (Å²) in [5, 5.41) is 3.36. The van der Waals surface area contributed by atoms with Crippen molar-refractivity contribution < 1.29 is 13.9 Å². The van der Waals surface area contributed by atoms with Crippen LogP contribution in [0.25, 0.3) is 38.4 Å². The first-order valence-corrected chi connectivity index (χ1v) is 9.89. The van der Waals surface area contributed by atoms with E-state index in [9.17, 15) is 4.79 Å². The van der Waals surface area contributed by atoms with Crippen LogP contribution in [0.1, 0.15) is 18.1 Å². The molecule has 0 aliphatic heterocycles. The minimum atomic E-state index is -0.0613. The zero-order valence-electron chi connectivity index (χ0n) is 17.9. The predicted octanol–water partition coefficient (Wildman–Crippen LogP) is 6.06. The van der Waals surface area contributed by atoms with E-state index in [1.807, 2.05) is 32.2 Å². The number of nitrogens with zero attached hydrogens (tertiary/aromatic N) is 1. The molecule has 4 heteroatoms. The largest absolute Gasteiger partial charge is 0.496 e. The van der Waals surface area contributed by atoms with Crippen LogP contribution in [0.4, 0.5) is 0 Å². The number of allylic oxidation sites excluding steroid dienone is 1. The molecule has 0 aliphatic carbocycles. The Morgan fingerprint density at radius 3 is 2.50 bits per heavy atom. The second-order valence-corrected chi connectivity index (χ2v) is 7.70. The second kappa shape index (κ2) is 7.71. The highest BCUT2D eigenvalue weighted by atomic mass is 16.5. The summed E-state index contributed by atoms with van der Waals surface area (Å²) in [6.07, 6.45) is 3.45. The summed E-state index contributed by atoms with van der Waals surface area (Å²) >= 11 is 0. The molecule has 30 heavy (non-hydrogen) atoms. The number of aryl methyl sites for hydroxylation is 1. The van der Waals surface area contributed by atoms with Gasteiger partial charge in [0.05, 0.1) is 13.4 Å². The summed E-state index contributed by atoms with van der Waals surface area (Å²) in [5.74, 6) is 0.662. The van der Waals surface area contributed by atoms with Crippen LogP contribution in [-0.4, -0.2) is 32.0 Å². The Labute approximate surface area is 176 Å². The number of amides is 1. The van der Waals surface area contributed by atoms with Gasteiger partial charge in [-0.25, -0.2) is 0 Å². The molecule has 0 radical (unpaired) electrons. The third-order valence-corrected chi connectivity index (χ3v) is 5.53. The molecule has 1 aromatic heterocycles. The van der Waals surface area contributed by atoms with Crippen LogP contribution in [-0.2, 0) is 4.79 Å². The van der Waals surface area contributed by atoms with Crippen LogP contribution in [0, 0.1) is 6.92 Å². The zero-order valence-corrected chi connectivity index (χ0v) is 17.9. The molecule has 0 saturated carbocycles. The number of furan rings is 1. The van der Waals surface area contributed by atoms with Crippen molar-refractivity contribution in [2.24, 2.45) is 0 Å². The fourth-order valence-corrected chi connectivity index (χ4v) is 3.93. The summed E-state index contributed by atoms with van der Waals surface area (Å²) in [6, 6.07) is 16.7. The van der Waals surface area contributed by atoms with Crippen molar-refractivity contribution in [2.45, 2.75) is 13.8 Å². The van der Waals surface area contributed by atoms with Gasteiger partial charge in [0, 0.05) is 42.2 Å². The summed E-state index contributed by atoms with van der Waals surface area (Å²) in [7, 11) is 5.13. The Balaban J connectivity index is 1.99. The van der Waals surface area contributed by atoms with Crippen molar-refractivity contribution in [3.63, 3.8) is 0 Å². The molecule has 0 bridgehead atoms. The van der Waals surface area contributed by atoms with Crippen molar-refractivity contribution in [3.05, 3.63) is 72.0 Å². The highest BCUT2D eigenvalue weighted by Gasteiger charge is 2.19. The fourth-order valence-electron chi connectivity index (χ4n) is 3.93. The monoisotopic (exact) mass is 399 g/mol. The first-order valence-electron chi connectivity index (χ1n) is 9.89. The molecule has 0 spiro atoms. The lowest BCUT2D eigenvalue weighted by molar-refractivity contribution is -0.123. The van der Waals surface area contributed by atoms with Crippen molar-refractivity contribution in [1.82, 2.24) is 4.90 Å². The van der Waals surface area contributed by atoms with Crippen LogP contribution < -0.4 is 4.74 Å². The van der Waals surface area contributed by atoms with Crippen molar-refractivity contribution in [3.8, 4) is 16.9 Å². The van der Waals surface area contributed by atoms with Crippen molar-refractivity contribution in [2.75, 3.05) is 21.2 Å². The molecule has 4 nitrogen and oxygen atoms in total. The maximum absolute atomic E-state index is 12.2. The highest BCUT2D eigenvalue weighted by Crippen LogP contribution is 2.42. The fraction of sp³-hybridized carbons (Fsp3) is 0.192. The van der Waals surface area contributed by atoms with Crippen LogP contribution in [0.5, 0.6) is 5.75 Å². The van der Waals surface area contributed by atoms with Gasteiger partial charge in [0.25, 0.3) is 0 Å². The van der Waals surface area contributed by atoms with Crippen LogP contribution in [0.3, 0.4) is 0 Å². The van der Waals surface area contributed by atoms with Crippen LogP contribution >= 0.6 is 0 Å². The van der Waals surface area contributed by atoms with E-state index in [0.29, 0.717) is 0 Å². The van der Waals surface area contributed by atoms with Gasteiger partial charge in [0.15, 0.2) is 0 Å². The molecule has 0 N–H and O–H groups in total. The average Bonchev–Trinajstić information content (AvgIpc) is 3.17. The van der Waals surface area contributed by atoms with Gasteiger partial charge < -0.3 is 14.1 Å². The average molecular weight is 399 g/mol. The van der Waals surface area contributed by atoms with Gasteiger partial charge in [-0.05, 0) is 41.8 Å². The Bertz CT molecular complexity index is 1290. The number of methoxy groups -OCH3 is 1. The van der Waals surface area contributed by atoms with Gasteiger partial charge >= 0.3 is 0 Å². The van der Waals surface area contributed by atoms with E-state index in [1.165, 1.54) is 10.8 Å². The van der Waals surface area contributed by atoms with Gasteiger partial charge in [-0.2, -0.15) is 0 Å². The number of ether oxygens (including phenoxy) is 1. The Kier molecular flexibility index (Phi) is 5.08. The van der Waals surface area contributed by atoms with E-state index in [4.69, 9.17) is 9.15 Å². The topological polar surface area (TPSA) is 42.7 Å². The van der Waals surface area contributed by atoms with Gasteiger partial charge in [-0.1, -0.05) is 42.5 Å². The number of carbonyl (C=O) groups excluding carboxylic acids is 1. The molecule has 1 amide bonds. The van der Waals surface area contributed by atoms with Crippen molar-refractivity contribution >= 4 is 33.2 Å². The SMILES string of the molecule is COc1c(/C(C)=C/C(=O)N(C)C)cc2c(-c3cccc4ccccc34)coc2c1C. The molecule has 1 heterocycles. The maximum Gasteiger partial charge on any atom is 0.246 e. The molecule has 0 fully saturated rings. The van der Waals surface area contributed by atoms with Gasteiger partial charge in [-0.15, -0.1) is 0 Å². The Morgan fingerprint density at radius 2 is 1.77 bits per heavy atom. The van der Waals surface area contributed by atoms with Gasteiger partial charge in [-0.3, -0.25) is 4.79 Å². The normalized spacial score (nSPS) is 11.8. The number of rotatable bonds is 4. The lowest BCUT2D eigenvalue weighted by atomic mass is 9.94. The summed E-state index contributed by atoms with van der Waals surface area (Å²) in [6.45, 7) is 3.92. The summed E-state index contributed by atoms with van der Waals surface area (Å²) in [4.78, 5) is 13.8. The molecule has 3 aromatic carbocycles. The van der Waals surface area contributed by atoms with Crippen molar-refractivity contribution in [1.29, 1.82) is 0 Å². The van der Waals surface area contributed by atoms with E-state index in [-0.39, 0.29) is 5.91 Å². The van der Waals surface area contributed by atoms with Crippen LogP contribution in [0.2, 0.25) is 0 Å². The van der Waals surface area contributed by atoms with E-state index in [2.05, 4.69) is 36.4 Å². The minimum absolute atomic E-state index is 0.0613. The predicted molar refractivity (Wildman–Crippen MR) is 123 cm³/mol. The smallest absolute Gasteiger partial charge is 0.246 e. The number of fused-ring (bicyclic) bond motifs is 2. The van der Waals surface area contributed by atoms with E-state index in [0.717, 1.165) is 44.5 Å². The first kappa shape index (κ1) is 19.8. The van der Waals surface area contributed by atoms with Crippen LogP contribution in [0.15, 0.2) is 65.3 Å². The zero-order chi connectivity index (χ0) is 21.4. The first-order chi connectivity index (χ1) is 14.4. The molecule has 0 unspecified atom stereocenters. The molecule has 4 aromatic rings. The molecule has 152 valence electrons. The van der Waals surface area contributed by atoms with E-state index in [1.54, 1.807) is 32.2 Å². The molecular formula is C26H25NO3. The summed E-state index contributed by atoms with van der Waals surface area (Å²) < 4.78 is 11.7. The van der Waals surface area contributed by atoms with Gasteiger partial charge in [0.2, 0.25) is 5.91 Å². The molecule has 4 rings (SSSR count). The van der Waals surface area contributed by atoms with Gasteiger partial charge in [0.1, 0.15) is 11.3 Å². The number of likely N-dealkylation sites (N-methyl/N-ethyl adjacent to an activating group) is 1. The quantitative estimate of drug-likeness (QED) is 0.392. The second-order valence-electron chi connectivity index (χ2n) is 7.70. The minimum Gasteiger partial charge on any atom is -0.496 e. The lowest BCUT2D eigenvalue weighted by Crippen LogP contribution is -2.19. The summed E-state index contributed by atoms with van der Waals surface area (Å²) in [5.41, 5.74) is 5.60. The molecule has 0 atom stereocenters. The number of hydrogen-bond acceptors (Lipinski definition) is 3. The maximum atomic E-state index is 12.2. The number of carbonyl (C=O) groups is 1. The molecule has 0 saturated heterocycles. The number of hydrogen-bond donors (Lipinski definition) is 0.